The molecule has 0 saturated heterocycles. The number of thioether (sulfide) groups is 1. The van der Waals surface area contributed by atoms with Gasteiger partial charge in [0.25, 0.3) is 0 Å². The van der Waals surface area contributed by atoms with Crippen molar-refractivity contribution >= 4 is 23.7 Å². The van der Waals surface area contributed by atoms with Crippen molar-refractivity contribution in [3.63, 3.8) is 0 Å². The first kappa shape index (κ1) is 17.2. The van der Waals surface area contributed by atoms with Crippen molar-refractivity contribution in [1.29, 1.82) is 0 Å². The van der Waals surface area contributed by atoms with E-state index in [-0.39, 0.29) is 5.91 Å². The van der Waals surface area contributed by atoms with Crippen LogP contribution in [0.3, 0.4) is 0 Å². The molecule has 120 valence electrons. The van der Waals surface area contributed by atoms with E-state index >= 15 is 0 Å². The summed E-state index contributed by atoms with van der Waals surface area (Å²) in [6.45, 7) is 2.96. The van der Waals surface area contributed by atoms with E-state index in [2.05, 4.69) is 5.32 Å². The Morgan fingerprint density at radius 2 is 1.83 bits per heavy atom. The summed E-state index contributed by atoms with van der Waals surface area (Å²) in [6.07, 6.45) is 5.39. The molecule has 2 aromatic carbocycles. The van der Waals surface area contributed by atoms with Crippen LogP contribution in [-0.2, 0) is 4.79 Å². The summed E-state index contributed by atoms with van der Waals surface area (Å²) >= 11 is 1.70. The molecule has 3 nitrogen and oxygen atoms in total. The van der Waals surface area contributed by atoms with Crippen LogP contribution in [0.1, 0.15) is 11.1 Å². The Bertz CT molecular complexity index is 648. The van der Waals surface area contributed by atoms with Gasteiger partial charge in [-0.25, -0.2) is 0 Å². The van der Waals surface area contributed by atoms with Crippen LogP contribution >= 0.6 is 11.8 Å². The second-order valence-corrected chi connectivity index (χ2v) is 5.94. The van der Waals surface area contributed by atoms with E-state index in [9.17, 15) is 4.79 Å². The maximum absolute atomic E-state index is 11.7. The zero-order valence-electron chi connectivity index (χ0n) is 13.4. The number of ether oxygens (including phenoxy) is 1. The Morgan fingerprint density at radius 3 is 2.48 bits per heavy atom. The first-order valence-electron chi connectivity index (χ1n) is 7.47. The Morgan fingerprint density at radius 1 is 1.13 bits per heavy atom. The Hall–Kier alpha value is -2.20. The predicted octanol–water partition coefficient (Wildman–Crippen LogP) is 3.93. The monoisotopic (exact) mass is 327 g/mol. The lowest BCUT2D eigenvalue weighted by Crippen LogP contribution is -2.26. The fourth-order valence-corrected chi connectivity index (χ4v) is 2.33. The average Bonchev–Trinajstić information content (AvgIpc) is 2.59. The van der Waals surface area contributed by atoms with Crippen LogP contribution in [0.25, 0.3) is 6.08 Å². The maximum Gasteiger partial charge on any atom is 0.244 e. The number of hydrogen-bond acceptors (Lipinski definition) is 3. The molecule has 0 bridgehead atoms. The molecule has 0 fully saturated rings. The molecule has 0 aliphatic rings. The molecule has 1 amide bonds. The third-order valence-electron chi connectivity index (χ3n) is 3.23. The van der Waals surface area contributed by atoms with Crippen LogP contribution in [0.2, 0.25) is 0 Å². The van der Waals surface area contributed by atoms with Gasteiger partial charge in [-0.15, -0.1) is 11.8 Å². The number of amides is 1. The van der Waals surface area contributed by atoms with E-state index < -0.39 is 0 Å². The number of benzene rings is 2. The number of hydrogen-bond donors (Lipinski definition) is 1. The molecule has 23 heavy (non-hydrogen) atoms. The standard InChI is InChI=1S/C19H21NO2S/c1-15-3-8-17(9-4-15)22-14-13-20-19(21)12-7-16-5-10-18(23-2)11-6-16/h3-12H,13-14H2,1-2H3,(H,20,21)/b12-7+. The molecule has 0 atom stereocenters. The smallest absolute Gasteiger partial charge is 0.244 e. The van der Waals surface area contributed by atoms with Crippen LogP contribution in [0.4, 0.5) is 0 Å². The summed E-state index contributed by atoms with van der Waals surface area (Å²) in [4.78, 5) is 12.9. The molecule has 0 spiro atoms. The summed E-state index contributed by atoms with van der Waals surface area (Å²) in [6, 6.07) is 15.9. The maximum atomic E-state index is 11.7. The molecular formula is C19H21NO2S. The van der Waals surface area contributed by atoms with Gasteiger partial charge in [-0.1, -0.05) is 29.8 Å². The second-order valence-electron chi connectivity index (χ2n) is 5.06. The van der Waals surface area contributed by atoms with Crippen molar-refractivity contribution in [2.75, 3.05) is 19.4 Å². The third kappa shape index (κ3) is 6.20. The minimum absolute atomic E-state index is 0.119. The van der Waals surface area contributed by atoms with Gasteiger partial charge < -0.3 is 10.1 Å². The van der Waals surface area contributed by atoms with Gasteiger partial charge >= 0.3 is 0 Å². The van der Waals surface area contributed by atoms with Crippen LogP contribution in [-0.4, -0.2) is 25.3 Å². The minimum atomic E-state index is -0.119. The molecule has 2 rings (SSSR count). The molecule has 0 unspecified atom stereocenters. The van der Waals surface area contributed by atoms with Crippen molar-refractivity contribution < 1.29 is 9.53 Å². The van der Waals surface area contributed by atoms with Crippen molar-refractivity contribution in [3.05, 3.63) is 65.7 Å². The number of rotatable bonds is 7. The van der Waals surface area contributed by atoms with E-state index in [1.165, 1.54) is 10.5 Å². The van der Waals surface area contributed by atoms with Crippen molar-refractivity contribution in [2.45, 2.75) is 11.8 Å². The lowest BCUT2D eigenvalue weighted by molar-refractivity contribution is -0.116. The average molecular weight is 327 g/mol. The van der Waals surface area contributed by atoms with Crippen LogP contribution in [0.5, 0.6) is 5.75 Å². The number of carbonyl (C=O) groups is 1. The molecule has 0 aliphatic carbocycles. The molecule has 4 heteroatoms. The van der Waals surface area contributed by atoms with Crippen molar-refractivity contribution in [2.24, 2.45) is 0 Å². The summed E-state index contributed by atoms with van der Waals surface area (Å²) in [5.41, 5.74) is 2.20. The van der Waals surface area contributed by atoms with Crippen LogP contribution in [0.15, 0.2) is 59.5 Å². The lowest BCUT2D eigenvalue weighted by Gasteiger charge is -2.06. The van der Waals surface area contributed by atoms with E-state index in [0.29, 0.717) is 13.2 Å². The summed E-state index contributed by atoms with van der Waals surface area (Å²) in [5, 5.41) is 2.80. The van der Waals surface area contributed by atoms with Gasteiger partial charge in [0.2, 0.25) is 5.91 Å². The van der Waals surface area contributed by atoms with Gasteiger partial charge in [0, 0.05) is 11.0 Å². The summed E-state index contributed by atoms with van der Waals surface area (Å²) in [5.74, 6) is 0.695. The zero-order valence-corrected chi connectivity index (χ0v) is 14.2. The van der Waals surface area contributed by atoms with Crippen molar-refractivity contribution in [3.8, 4) is 5.75 Å². The highest BCUT2D eigenvalue weighted by Gasteiger charge is 1.97. The predicted molar refractivity (Wildman–Crippen MR) is 96.9 cm³/mol. The quantitative estimate of drug-likeness (QED) is 0.476. The Labute approximate surface area is 141 Å². The molecule has 0 heterocycles. The van der Waals surface area contributed by atoms with Gasteiger partial charge in [-0.3, -0.25) is 4.79 Å². The Balaban J connectivity index is 1.69. The summed E-state index contributed by atoms with van der Waals surface area (Å²) in [7, 11) is 0. The fourth-order valence-electron chi connectivity index (χ4n) is 1.92. The lowest BCUT2D eigenvalue weighted by atomic mass is 10.2. The van der Waals surface area contributed by atoms with Gasteiger partial charge in [-0.05, 0) is 49.1 Å². The first-order valence-corrected chi connectivity index (χ1v) is 8.69. The van der Waals surface area contributed by atoms with Gasteiger partial charge in [0.1, 0.15) is 12.4 Å². The molecule has 0 aromatic heterocycles. The zero-order chi connectivity index (χ0) is 16.5. The van der Waals surface area contributed by atoms with E-state index in [0.717, 1.165) is 11.3 Å². The van der Waals surface area contributed by atoms with Gasteiger partial charge in [0.05, 0.1) is 6.54 Å². The highest BCUT2D eigenvalue weighted by atomic mass is 32.2. The van der Waals surface area contributed by atoms with E-state index in [1.807, 2.05) is 61.7 Å². The molecule has 0 radical (unpaired) electrons. The Kier molecular flexibility index (Phi) is 6.76. The van der Waals surface area contributed by atoms with Gasteiger partial charge in [0.15, 0.2) is 0 Å². The molecular weight excluding hydrogens is 306 g/mol. The van der Waals surface area contributed by atoms with Crippen LogP contribution < -0.4 is 10.1 Å². The number of carbonyl (C=O) groups excluding carboxylic acids is 1. The highest BCUT2D eigenvalue weighted by Crippen LogP contribution is 2.15. The largest absolute Gasteiger partial charge is 0.492 e. The third-order valence-corrected chi connectivity index (χ3v) is 3.98. The molecule has 1 N–H and O–H groups in total. The summed E-state index contributed by atoms with van der Waals surface area (Å²) < 4.78 is 5.56. The topological polar surface area (TPSA) is 38.3 Å². The van der Waals surface area contributed by atoms with Crippen LogP contribution in [0, 0.1) is 6.92 Å². The van der Waals surface area contributed by atoms with E-state index in [1.54, 1.807) is 23.9 Å². The SMILES string of the molecule is CSc1ccc(/C=C/C(=O)NCCOc2ccc(C)cc2)cc1. The normalized spacial score (nSPS) is 10.7. The minimum Gasteiger partial charge on any atom is -0.492 e. The fraction of sp³-hybridized carbons (Fsp3) is 0.211. The molecule has 0 aliphatic heterocycles. The molecule has 0 saturated carbocycles. The molecule has 2 aromatic rings. The first-order chi connectivity index (χ1) is 11.2. The second kappa shape index (κ2) is 9.06. The number of aryl methyl sites for hydroxylation is 1. The number of nitrogens with one attached hydrogen (secondary N) is 1. The van der Waals surface area contributed by atoms with Crippen molar-refractivity contribution in [1.82, 2.24) is 5.32 Å². The highest BCUT2D eigenvalue weighted by molar-refractivity contribution is 7.98. The van der Waals surface area contributed by atoms with Gasteiger partial charge in [-0.2, -0.15) is 0 Å². The van der Waals surface area contributed by atoms with E-state index in [4.69, 9.17) is 4.74 Å².